The molecule has 6 heteroatoms. The van der Waals surface area contributed by atoms with Crippen LogP contribution < -0.4 is 0 Å². The summed E-state index contributed by atoms with van der Waals surface area (Å²) in [5.74, 6) is -0.395. The van der Waals surface area contributed by atoms with Crippen molar-refractivity contribution < 1.29 is 19.1 Å². The third-order valence-electron chi connectivity index (χ3n) is 5.46. The van der Waals surface area contributed by atoms with Crippen LogP contribution in [0.3, 0.4) is 0 Å². The van der Waals surface area contributed by atoms with E-state index in [2.05, 4.69) is 4.98 Å². The highest BCUT2D eigenvalue weighted by Gasteiger charge is 2.26. The van der Waals surface area contributed by atoms with Gasteiger partial charge in [0.2, 0.25) is 0 Å². The number of rotatable bonds is 7. The zero-order chi connectivity index (χ0) is 21.0. The van der Waals surface area contributed by atoms with E-state index >= 15 is 0 Å². The van der Waals surface area contributed by atoms with Gasteiger partial charge < -0.3 is 19.4 Å². The second-order valence-corrected chi connectivity index (χ2v) is 7.64. The van der Waals surface area contributed by atoms with Gasteiger partial charge in [-0.2, -0.15) is 0 Å². The molecule has 1 aromatic heterocycles. The molecule has 0 radical (unpaired) electrons. The number of hydrogen-bond donors (Lipinski definition) is 1. The fourth-order valence-electron chi connectivity index (χ4n) is 3.76. The van der Waals surface area contributed by atoms with Crippen molar-refractivity contribution in [3.05, 3.63) is 57.9 Å². The van der Waals surface area contributed by atoms with E-state index in [1.54, 1.807) is 6.92 Å². The molecular formula is C23H30N2O4. The maximum Gasteiger partial charge on any atom is 0.355 e. The van der Waals surface area contributed by atoms with E-state index in [4.69, 9.17) is 9.47 Å². The van der Waals surface area contributed by atoms with Gasteiger partial charge in [-0.25, -0.2) is 4.79 Å². The molecule has 2 heterocycles. The van der Waals surface area contributed by atoms with Crippen LogP contribution in [-0.4, -0.2) is 47.6 Å². The van der Waals surface area contributed by atoms with Gasteiger partial charge in [0.15, 0.2) is 0 Å². The van der Waals surface area contributed by atoms with Crippen LogP contribution in [0.15, 0.2) is 24.3 Å². The van der Waals surface area contributed by atoms with Crippen molar-refractivity contribution in [1.29, 1.82) is 0 Å². The van der Waals surface area contributed by atoms with E-state index in [9.17, 15) is 9.59 Å². The third-order valence-corrected chi connectivity index (χ3v) is 5.46. The first-order chi connectivity index (χ1) is 13.9. The lowest BCUT2D eigenvalue weighted by molar-refractivity contribution is 0.0506. The smallest absolute Gasteiger partial charge is 0.355 e. The molecule has 3 rings (SSSR count). The van der Waals surface area contributed by atoms with Crippen molar-refractivity contribution in [2.75, 3.05) is 19.8 Å². The molecule has 1 saturated heterocycles. The Kier molecular flexibility index (Phi) is 6.75. The maximum atomic E-state index is 13.3. The molecule has 29 heavy (non-hydrogen) atoms. The van der Waals surface area contributed by atoms with Gasteiger partial charge in [-0.1, -0.05) is 17.7 Å². The Morgan fingerprint density at radius 3 is 2.55 bits per heavy atom. The third kappa shape index (κ3) is 4.88. The van der Waals surface area contributed by atoms with Crippen LogP contribution in [0.1, 0.15) is 63.0 Å². The topological polar surface area (TPSA) is 71.6 Å². The number of esters is 1. The van der Waals surface area contributed by atoms with Crippen molar-refractivity contribution in [3.8, 4) is 0 Å². The number of aromatic amines is 1. The molecule has 1 aromatic carbocycles. The Balaban J connectivity index is 1.87. The molecular weight excluding hydrogens is 368 g/mol. The Bertz CT molecular complexity index is 864. The number of carbonyl (C=O) groups is 2. The van der Waals surface area contributed by atoms with E-state index in [1.165, 1.54) is 0 Å². The van der Waals surface area contributed by atoms with Crippen LogP contribution in [0.25, 0.3) is 0 Å². The predicted molar refractivity (Wildman–Crippen MR) is 111 cm³/mol. The van der Waals surface area contributed by atoms with Crippen molar-refractivity contribution >= 4 is 11.9 Å². The maximum absolute atomic E-state index is 13.3. The van der Waals surface area contributed by atoms with E-state index in [0.29, 0.717) is 31.0 Å². The Morgan fingerprint density at radius 2 is 1.93 bits per heavy atom. The number of amides is 1. The molecule has 2 aromatic rings. The van der Waals surface area contributed by atoms with Gasteiger partial charge in [0.1, 0.15) is 5.69 Å². The molecule has 1 amide bonds. The molecule has 0 aliphatic carbocycles. The van der Waals surface area contributed by atoms with E-state index in [0.717, 1.165) is 41.8 Å². The lowest BCUT2D eigenvalue weighted by Crippen LogP contribution is -2.37. The van der Waals surface area contributed by atoms with Crippen molar-refractivity contribution in [2.24, 2.45) is 0 Å². The zero-order valence-electron chi connectivity index (χ0n) is 17.7. The summed E-state index contributed by atoms with van der Waals surface area (Å²) in [6.45, 7) is 9.62. The number of hydrogen-bond acceptors (Lipinski definition) is 4. The number of aromatic nitrogens is 1. The number of nitrogens with one attached hydrogen (secondary N) is 1. The molecule has 6 nitrogen and oxygen atoms in total. The van der Waals surface area contributed by atoms with Crippen molar-refractivity contribution in [2.45, 2.75) is 53.2 Å². The number of nitrogens with zero attached hydrogens (tertiary/aromatic N) is 1. The second kappa shape index (κ2) is 9.27. The number of carbonyl (C=O) groups excluding carboxylic acids is 2. The summed E-state index contributed by atoms with van der Waals surface area (Å²) < 4.78 is 10.9. The molecule has 0 saturated carbocycles. The molecule has 0 bridgehead atoms. The fourth-order valence-corrected chi connectivity index (χ4v) is 3.76. The quantitative estimate of drug-likeness (QED) is 0.717. The van der Waals surface area contributed by atoms with Crippen LogP contribution in [0.2, 0.25) is 0 Å². The van der Waals surface area contributed by atoms with Gasteiger partial charge in [0.25, 0.3) is 5.91 Å². The highest BCUT2D eigenvalue weighted by Crippen LogP contribution is 2.23. The first-order valence-corrected chi connectivity index (χ1v) is 10.2. The summed E-state index contributed by atoms with van der Waals surface area (Å²) in [7, 11) is 0. The lowest BCUT2D eigenvalue weighted by Gasteiger charge is -2.26. The van der Waals surface area contributed by atoms with Gasteiger partial charge in [0, 0.05) is 31.0 Å². The molecule has 1 aliphatic rings. The van der Waals surface area contributed by atoms with Crippen LogP contribution in [0, 0.1) is 20.8 Å². The summed E-state index contributed by atoms with van der Waals surface area (Å²) in [6.07, 6.45) is 2.03. The Labute approximate surface area is 172 Å². The molecule has 1 unspecified atom stereocenters. The number of aryl methyl sites for hydroxylation is 2. The van der Waals surface area contributed by atoms with Gasteiger partial charge in [-0.15, -0.1) is 0 Å². The molecule has 1 fully saturated rings. The first-order valence-electron chi connectivity index (χ1n) is 10.2. The average Bonchev–Trinajstić information content (AvgIpc) is 3.31. The number of H-pyrrole nitrogens is 1. The molecule has 1 aliphatic heterocycles. The Hall–Kier alpha value is -2.60. The van der Waals surface area contributed by atoms with Crippen LogP contribution in [-0.2, 0) is 16.0 Å². The summed E-state index contributed by atoms with van der Waals surface area (Å²) in [5.41, 5.74) is 4.88. The van der Waals surface area contributed by atoms with Crippen molar-refractivity contribution in [3.63, 3.8) is 0 Å². The normalized spacial score (nSPS) is 16.1. The standard InChI is InChI=1S/C23H30N2O4/c1-5-28-23(27)21-16(3)20(17(4)24-21)14-25(13-19-7-6-12-29-19)22(26)18-10-8-15(2)9-11-18/h8-11,19,24H,5-7,12-14H2,1-4H3. The highest BCUT2D eigenvalue weighted by molar-refractivity contribution is 5.94. The van der Waals surface area contributed by atoms with Gasteiger partial charge in [0.05, 0.1) is 12.7 Å². The Morgan fingerprint density at radius 1 is 1.21 bits per heavy atom. The summed E-state index contributed by atoms with van der Waals surface area (Å²) in [5, 5.41) is 0. The largest absolute Gasteiger partial charge is 0.461 e. The summed E-state index contributed by atoms with van der Waals surface area (Å²) in [6, 6.07) is 7.62. The van der Waals surface area contributed by atoms with Crippen LogP contribution in [0.4, 0.5) is 0 Å². The minimum absolute atomic E-state index is 0.0295. The average molecular weight is 399 g/mol. The highest BCUT2D eigenvalue weighted by atomic mass is 16.5. The molecule has 1 N–H and O–H groups in total. The monoisotopic (exact) mass is 398 g/mol. The fraction of sp³-hybridized carbons (Fsp3) is 0.478. The molecule has 156 valence electrons. The summed E-state index contributed by atoms with van der Waals surface area (Å²) >= 11 is 0. The zero-order valence-corrected chi connectivity index (χ0v) is 17.7. The van der Waals surface area contributed by atoms with Crippen LogP contribution in [0.5, 0.6) is 0 Å². The lowest BCUT2D eigenvalue weighted by atomic mass is 10.1. The van der Waals surface area contributed by atoms with Gasteiger partial charge in [-0.3, -0.25) is 4.79 Å². The number of benzene rings is 1. The van der Waals surface area contributed by atoms with Gasteiger partial charge >= 0.3 is 5.97 Å². The minimum atomic E-state index is -0.366. The summed E-state index contributed by atoms with van der Waals surface area (Å²) in [4.78, 5) is 30.5. The SMILES string of the molecule is CCOC(=O)c1[nH]c(C)c(CN(CC2CCCO2)C(=O)c2ccc(C)cc2)c1C. The predicted octanol–water partition coefficient (Wildman–Crippen LogP) is 3.94. The minimum Gasteiger partial charge on any atom is -0.461 e. The van der Waals surface area contributed by atoms with E-state index < -0.39 is 0 Å². The number of ether oxygens (including phenoxy) is 2. The van der Waals surface area contributed by atoms with Crippen LogP contribution >= 0.6 is 0 Å². The molecule has 1 atom stereocenters. The molecule has 0 spiro atoms. The van der Waals surface area contributed by atoms with E-state index in [1.807, 2.05) is 49.9 Å². The second-order valence-electron chi connectivity index (χ2n) is 7.64. The van der Waals surface area contributed by atoms with Crippen molar-refractivity contribution in [1.82, 2.24) is 9.88 Å². The van der Waals surface area contributed by atoms with Gasteiger partial charge in [-0.05, 0) is 63.8 Å². The van der Waals surface area contributed by atoms with E-state index in [-0.39, 0.29) is 18.0 Å². The first kappa shape index (κ1) is 21.1.